The van der Waals surface area contributed by atoms with Crippen LogP contribution in [-0.4, -0.2) is 70.1 Å². The Balaban J connectivity index is 1.58. The van der Waals surface area contributed by atoms with Crippen LogP contribution >= 0.6 is 0 Å². The highest BCUT2D eigenvalue weighted by atomic mass is 32.2. The van der Waals surface area contributed by atoms with Gasteiger partial charge in [0.05, 0.1) is 25.2 Å². The number of ether oxygens (including phenoxy) is 2. The first-order valence-electron chi connectivity index (χ1n) is 9.25. The highest BCUT2D eigenvalue weighted by Crippen LogP contribution is 2.26. The third kappa shape index (κ3) is 5.19. The lowest BCUT2D eigenvalue weighted by atomic mass is 9.96. The molecule has 2 fully saturated rings. The van der Waals surface area contributed by atoms with Gasteiger partial charge in [0.2, 0.25) is 15.9 Å². The number of morpholine rings is 1. The smallest absolute Gasteiger partial charge is 0.243 e. The Morgan fingerprint density at radius 1 is 1.22 bits per heavy atom. The number of sulfonamides is 1. The van der Waals surface area contributed by atoms with Crippen LogP contribution in [0.5, 0.6) is 5.75 Å². The van der Waals surface area contributed by atoms with Crippen LogP contribution in [0, 0.1) is 5.92 Å². The summed E-state index contributed by atoms with van der Waals surface area (Å²) in [6, 6.07) is 6.40. The molecule has 1 N–H and O–H groups in total. The van der Waals surface area contributed by atoms with Crippen LogP contribution in [-0.2, 0) is 19.6 Å². The number of hydrogen-bond acceptors (Lipinski definition) is 6. The average molecular weight is 397 g/mol. The fourth-order valence-electron chi connectivity index (χ4n) is 3.47. The van der Waals surface area contributed by atoms with Gasteiger partial charge in [0.25, 0.3) is 0 Å². The Kier molecular flexibility index (Phi) is 6.69. The van der Waals surface area contributed by atoms with Gasteiger partial charge >= 0.3 is 0 Å². The van der Waals surface area contributed by atoms with Gasteiger partial charge in [-0.15, -0.1) is 0 Å². The summed E-state index contributed by atoms with van der Waals surface area (Å²) in [5.41, 5.74) is 2.90. The first kappa shape index (κ1) is 20.1. The fraction of sp³-hybridized carbons (Fsp3) is 0.611. The number of methoxy groups -OCH3 is 1. The number of rotatable bonds is 6. The van der Waals surface area contributed by atoms with Gasteiger partial charge in [0.15, 0.2) is 0 Å². The minimum atomic E-state index is -3.56. The maximum Gasteiger partial charge on any atom is 0.243 e. The molecule has 3 rings (SSSR count). The molecule has 1 aromatic rings. The molecular weight excluding hydrogens is 370 g/mol. The van der Waals surface area contributed by atoms with Gasteiger partial charge in [-0.05, 0) is 43.0 Å². The van der Waals surface area contributed by atoms with Crippen molar-refractivity contribution in [2.24, 2.45) is 5.92 Å². The molecule has 1 aromatic carbocycles. The molecule has 0 saturated carbocycles. The number of hydrogen-bond donors (Lipinski definition) is 1. The number of nitrogens with zero attached hydrogens (tertiary/aromatic N) is 2. The van der Waals surface area contributed by atoms with Crippen LogP contribution in [0.1, 0.15) is 19.3 Å². The van der Waals surface area contributed by atoms with Gasteiger partial charge in [-0.25, -0.2) is 13.4 Å². The van der Waals surface area contributed by atoms with Crippen molar-refractivity contribution in [3.8, 4) is 5.75 Å². The Hall–Kier alpha value is -1.68. The molecule has 2 saturated heterocycles. The molecule has 2 aliphatic rings. The van der Waals surface area contributed by atoms with Gasteiger partial charge in [-0.3, -0.25) is 10.2 Å². The maximum atomic E-state index is 12.9. The maximum absolute atomic E-state index is 12.9. The Morgan fingerprint density at radius 3 is 2.59 bits per heavy atom. The molecule has 9 heteroatoms. The fourth-order valence-corrected chi connectivity index (χ4v) is 5.02. The van der Waals surface area contributed by atoms with Crippen molar-refractivity contribution in [1.29, 1.82) is 0 Å². The number of carbonyl (C=O) groups excluding carboxylic acids is 1. The van der Waals surface area contributed by atoms with E-state index < -0.39 is 10.0 Å². The SMILES string of the molecule is COc1ccc(S(=O)(=O)N2CCCC(CC(=O)NN3CCOCC3)C2)cc1. The minimum absolute atomic E-state index is 0.0211. The van der Waals surface area contributed by atoms with Crippen LogP contribution in [0.2, 0.25) is 0 Å². The normalized spacial score (nSPS) is 22.3. The molecule has 1 atom stereocenters. The molecule has 150 valence electrons. The summed E-state index contributed by atoms with van der Waals surface area (Å²) in [5.74, 6) is 0.573. The van der Waals surface area contributed by atoms with E-state index in [0.29, 0.717) is 51.6 Å². The molecule has 0 aliphatic carbocycles. The second-order valence-electron chi connectivity index (χ2n) is 6.89. The lowest BCUT2D eigenvalue weighted by Crippen LogP contribution is -2.49. The number of hydrazine groups is 1. The summed E-state index contributed by atoms with van der Waals surface area (Å²) in [5, 5.41) is 1.86. The number of carbonyl (C=O) groups is 1. The monoisotopic (exact) mass is 397 g/mol. The third-order valence-electron chi connectivity index (χ3n) is 4.95. The summed E-state index contributed by atoms with van der Waals surface area (Å²) in [6.07, 6.45) is 1.93. The number of nitrogens with one attached hydrogen (secondary N) is 1. The van der Waals surface area contributed by atoms with Crippen LogP contribution in [0.15, 0.2) is 29.2 Å². The van der Waals surface area contributed by atoms with E-state index in [9.17, 15) is 13.2 Å². The molecule has 8 nitrogen and oxygen atoms in total. The van der Waals surface area contributed by atoms with E-state index in [1.807, 2.05) is 5.01 Å². The summed E-state index contributed by atoms with van der Waals surface area (Å²) in [7, 11) is -2.02. The number of amides is 1. The summed E-state index contributed by atoms with van der Waals surface area (Å²) in [4.78, 5) is 12.6. The van der Waals surface area contributed by atoms with Crippen LogP contribution in [0.25, 0.3) is 0 Å². The molecule has 2 aliphatic heterocycles. The van der Waals surface area contributed by atoms with Gasteiger partial charge in [0.1, 0.15) is 5.75 Å². The predicted octanol–water partition coefficient (Wildman–Crippen LogP) is 0.849. The van der Waals surface area contributed by atoms with E-state index in [0.717, 1.165) is 12.8 Å². The van der Waals surface area contributed by atoms with E-state index in [2.05, 4.69) is 5.43 Å². The number of benzene rings is 1. The topological polar surface area (TPSA) is 88.2 Å². The van der Waals surface area contributed by atoms with Crippen LogP contribution in [0.3, 0.4) is 0 Å². The molecule has 2 heterocycles. The van der Waals surface area contributed by atoms with E-state index in [1.54, 1.807) is 31.4 Å². The van der Waals surface area contributed by atoms with Gasteiger partial charge < -0.3 is 9.47 Å². The van der Waals surface area contributed by atoms with E-state index in [4.69, 9.17) is 9.47 Å². The lowest BCUT2D eigenvalue weighted by Gasteiger charge is -2.32. The zero-order valence-corrected chi connectivity index (χ0v) is 16.4. The summed E-state index contributed by atoms with van der Waals surface area (Å²) < 4.78 is 37.6. The van der Waals surface area contributed by atoms with Gasteiger partial charge in [-0.1, -0.05) is 0 Å². The third-order valence-corrected chi connectivity index (χ3v) is 6.83. The zero-order chi connectivity index (χ0) is 19.3. The Bertz CT molecular complexity index is 732. The van der Waals surface area contributed by atoms with Crippen LogP contribution in [0.4, 0.5) is 0 Å². The van der Waals surface area contributed by atoms with Crippen molar-refractivity contribution in [2.75, 3.05) is 46.5 Å². The lowest BCUT2D eigenvalue weighted by molar-refractivity contribution is -0.129. The molecule has 1 unspecified atom stereocenters. The standard InChI is InChI=1S/C18H27N3O5S/c1-25-16-4-6-17(7-5-16)27(23,24)21-8-2-3-15(14-21)13-18(22)19-20-9-11-26-12-10-20/h4-7,15H,2-3,8-14H2,1H3,(H,19,22). The van der Waals surface area contributed by atoms with Crippen molar-refractivity contribution in [2.45, 2.75) is 24.2 Å². The van der Waals surface area contributed by atoms with Crippen molar-refractivity contribution < 1.29 is 22.7 Å². The molecule has 0 aromatic heterocycles. The van der Waals surface area contributed by atoms with E-state index >= 15 is 0 Å². The first-order chi connectivity index (χ1) is 13.0. The van der Waals surface area contributed by atoms with E-state index in [-0.39, 0.29) is 16.7 Å². The molecule has 27 heavy (non-hydrogen) atoms. The van der Waals surface area contributed by atoms with Crippen molar-refractivity contribution >= 4 is 15.9 Å². The molecule has 0 bridgehead atoms. The number of piperidine rings is 1. The minimum Gasteiger partial charge on any atom is -0.497 e. The molecule has 0 radical (unpaired) electrons. The second-order valence-corrected chi connectivity index (χ2v) is 8.82. The first-order valence-corrected chi connectivity index (χ1v) is 10.7. The quantitative estimate of drug-likeness (QED) is 0.766. The van der Waals surface area contributed by atoms with Crippen molar-refractivity contribution in [3.05, 3.63) is 24.3 Å². The van der Waals surface area contributed by atoms with Gasteiger partial charge in [-0.2, -0.15) is 4.31 Å². The molecule has 1 amide bonds. The Morgan fingerprint density at radius 2 is 1.93 bits per heavy atom. The highest BCUT2D eigenvalue weighted by molar-refractivity contribution is 7.89. The summed E-state index contributed by atoms with van der Waals surface area (Å²) in [6.45, 7) is 3.42. The predicted molar refractivity (Wildman–Crippen MR) is 99.6 cm³/mol. The molecular formula is C18H27N3O5S. The van der Waals surface area contributed by atoms with Crippen molar-refractivity contribution in [3.63, 3.8) is 0 Å². The van der Waals surface area contributed by atoms with E-state index in [1.165, 1.54) is 4.31 Å². The Labute approximate surface area is 160 Å². The molecule has 0 spiro atoms. The van der Waals surface area contributed by atoms with Gasteiger partial charge in [0, 0.05) is 32.6 Å². The highest BCUT2D eigenvalue weighted by Gasteiger charge is 2.31. The van der Waals surface area contributed by atoms with Crippen molar-refractivity contribution in [1.82, 2.24) is 14.7 Å². The summed E-state index contributed by atoms with van der Waals surface area (Å²) >= 11 is 0. The second kappa shape index (κ2) is 9.01. The zero-order valence-electron chi connectivity index (χ0n) is 15.6. The average Bonchev–Trinajstić information content (AvgIpc) is 2.69. The largest absolute Gasteiger partial charge is 0.497 e. The van der Waals surface area contributed by atoms with Crippen LogP contribution < -0.4 is 10.2 Å².